The predicted molar refractivity (Wildman–Crippen MR) is 57.6 cm³/mol. The third-order valence-corrected chi connectivity index (χ3v) is 4.07. The highest BCUT2D eigenvalue weighted by Gasteiger charge is 2.48. The second kappa shape index (κ2) is 3.32. The topological polar surface area (TPSA) is 55.9 Å². The van der Waals surface area contributed by atoms with Gasteiger partial charge in [0.1, 0.15) is 5.82 Å². The number of hydrogen-bond donors (Lipinski definition) is 2. The summed E-state index contributed by atoms with van der Waals surface area (Å²) in [6.45, 7) is 0. The first-order valence-corrected chi connectivity index (χ1v) is 5.73. The molecule has 0 bridgehead atoms. The quantitative estimate of drug-likeness (QED) is 0.572. The molecule has 1 aromatic heterocycles. The van der Waals surface area contributed by atoms with Crippen LogP contribution < -0.4 is 11.3 Å². The molecule has 0 aliphatic heterocycles. The van der Waals surface area contributed by atoms with Crippen molar-refractivity contribution in [3.63, 3.8) is 0 Å². The zero-order valence-electron chi connectivity index (χ0n) is 9.06. The molecular weight excluding hydrogens is 188 g/mol. The fourth-order valence-electron chi connectivity index (χ4n) is 3.13. The van der Waals surface area contributed by atoms with E-state index in [-0.39, 0.29) is 6.04 Å². The predicted octanol–water partition coefficient (Wildman–Crippen LogP) is 0.971. The number of nitrogens with zero attached hydrogens (tertiary/aromatic N) is 2. The van der Waals surface area contributed by atoms with Gasteiger partial charge in [0.2, 0.25) is 0 Å². The van der Waals surface area contributed by atoms with Gasteiger partial charge in [-0.3, -0.25) is 5.84 Å². The van der Waals surface area contributed by atoms with Gasteiger partial charge in [-0.2, -0.15) is 0 Å². The first kappa shape index (κ1) is 9.36. The van der Waals surface area contributed by atoms with E-state index in [4.69, 9.17) is 5.84 Å². The Morgan fingerprint density at radius 1 is 1.47 bits per heavy atom. The number of aryl methyl sites for hydroxylation is 1. The molecular formula is C11H18N4. The number of aromatic nitrogens is 2. The van der Waals surface area contributed by atoms with Crippen LogP contribution in [0.25, 0.3) is 0 Å². The summed E-state index contributed by atoms with van der Waals surface area (Å²) in [5.41, 5.74) is 2.94. The molecule has 0 spiro atoms. The second-order valence-corrected chi connectivity index (χ2v) is 5.03. The largest absolute Gasteiger partial charge is 0.337 e. The molecule has 3 rings (SSSR count). The number of hydrogen-bond acceptors (Lipinski definition) is 3. The van der Waals surface area contributed by atoms with Gasteiger partial charge >= 0.3 is 0 Å². The zero-order valence-corrected chi connectivity index (χ0v) is 9.06. The average Bonchev–Trinajstić information content (AvgIpc) is 2.65. The van der Waals surface area contributed by atoms with E-state index >= 15 is 0 Å². The lowest BCUT2D eigenvalue weighted by atomic mass is 9.94. The van der Waals surface area contributed by atoms with E-state index in [2.05, 4.69) is 15.0 Å². The number of rotatable bonds is 3. The summed E-state index contributed by atoms with van der Waals surface area (Å²) in [6, 6.07) is 0.234. The Balaban J connectivity index is 1.79. The van der Waals surface area contributed by atoms with Crippen molar-refractivity contribution < 1.29 is 0 Å². The monoisotopic (exact) mass is 206 g/mol. The van der Waals surface area contributed by atoms with Crippen LogP contribution in [-0.4, -0.2) is 9.55 Å². The fraction of sp³-hybridized carbons (Fsp3) is 0.727. The standard InChI is InChI=1S/C11H18N4/c1-15-3-2-13-11(15)10(14-12)9-5-7-4-8(7)6-9/h2-3,7-10,14H,4-6,12H2,1H3. The summed E-state index contributed by atoms with van der Waals surface area (Å²) in [6.07, 6.45) is 7.93. The van der Waals surface area contributed by atoms with Crippen LogP contribution in [0.1, 0.15) is 31.1 Å². The van der Waals surface area contributed by atoms with Crippen molar-refractivity contribution in [2.75, 3.05) is 0 Å². The minimum atomic E-state index is 0.234. The summed E-state index contributed by atoms with van der Waals surface area (Å²) in [5.74, 6) is 9.41. The van der Waals surface area contributed by atoms with Crippen LogP contribution in [0.5, 0.6) is 0 Å². The van der Waals surface area contributed by atoms with Crippen molar-refractivity contribution >= 4 is 0 Å². The molecule has 3 N–H and O–H groups in total. The van der Waals surface area contributed by atoms with Crippen LogP contribution in [0.2, 0.25) is 0 Å². The molecule has 0 radical (unpaired) electrons. The number of fused-ring (bicyclic) bond motifs is 1. The van der Waals surface area contributed by atoms with Crippen LogP contribution in [0.4, 0.5) is 0 Å². The van der Waals surface area contributed by atoms with E-state index in [0.29, 0.717) is 5.92 Å². The minimum absolute atomic E-state index is 0.234. The van der Waals surface area contributed by atoms with E-state index < -0.39 is 0 Å². The van der Waals surface area contributed by atoms with Crippen LogP contribution in [-0.2, 0) is 7.05 Å². The van der Waals surface area contributed by atoms with Gasteiger partial charge in [-0.25, -0.2) is 10.4 Å². The molecule has 15 heavy (non-hydrogen) atoms. The third-order valence-electron chi connectivity index (χ3n) is 4.07. The van der Waals surface area contributed by atoms with Gasteiger partial charge in [0, 0.05) is 19.4 Å². The molecule has 2 saturated carbocycles. The molecule has 0 saturated heterocycles. The van der Waals surface area contributed by atoms with Crippen LogP contribution in [0.3, 0.4) is 0 Å². The van der Waals surface area contributed by atoms with Crippen molar-refractivity contribution in [1.29, 1.82) is 0 Å². The summed E-state index contributed by atoms with van der Waals surface area (Å²) >= 11 is 0. The smallest absolute Gasteiger partial charge is 0.127 e. The molecule has 1 heterocycles. The Morgan fingerprint density at radius 3 is 2.73 bits per heavy atom. The van der Waals surface area contributed by atoms with Gasteiger partial charge in [-0.1, -0.05) is 0 Å². The molecule has 0 aromatic carbocycles. The Bertz CT molecular complexity index is 349. The summed E-state index contributed by atoms with van der Waals surface area (Å²) in [7, 11) is 2.03. The Morgan fingerprint density at radius 2 is 2.20 bits per heavy atom. The molecule has 3 atom stereocenters. The highest BCUT2D eigenvalue weighted by atomic mass is 15.3. The molecule has 1 aromatic rings. The van der Waals surface area contributed by atoms with Crippen LogP contribution >= 0.6 is 0 Å². The van der Waals surface area contributed by atoms with Gasteiger partial charge in [-0.15, -0.1) is 0 Å². The Kier molecular flexibility index (Phi) is 2.07. The lowest BCUT2D eigenvalue weighted by Crippen LogP contribution is -2.35. The molecule has 82 valence electrons. The molecule has 4 heteroatoms. The second-order valence-electron chi connectivity index (χ2n) is 5.03. The Labute approximate surface area is 89.8 Å². The van der Waals surface area contributed by atoms with Gasteiger partial charge in [0.05, 0.1) is 6.04 Å². The minimum Gasteiger partial charge on any atom is -0.337 e. The van der Waals surface area contributed by atoms with Gasteiger partial charge < -0.3 is 4.57 Å². The van der Waals surface area contributed by atoms with E-state index in [1.165, 1.54) is 19.3 Å². The van der Waals surface area contributed by atoms with Gasteiger partial charge in [0.15, 0.2) is 0 Å². The fourth-order valence-corrected chi connectivity index (χ4v) is 3.13. The number of nitrogens with one attached hydrogen (secondary N) is 1. The third kappa shape index (κ3) is 1.48. The first-order chi connectivity index (χ1) is 7.29. The lowest BCUT2D eigenvalue weighted by Gasteiger charge is -2.23. The molecule has 0 amide bonds. The van der Waals surface area contributed by atoms with Crippen molar-refractivity contribution in [3.05, 3.63) is 18.2 Å². The van der Waals surface area contributed by atoms with Crippen molar-refractivity contribution in [3.8, 4) is 0 Å². The highest BCUT2D eigenvalue weighted by Crippen LogP contribution is 2.56. The SMILES string of the molecule is Cn1ccnc1C(NN)C1CC2CC2C1. The van der Waals surface area contributed by atoms with Gasteiger partial charge in [0.25, 0.3) is 0 Å². The maximum absolute atomic E-state index is 5.67. The molecule has 2 fully saturated rings. The number of hydrazine groups is 1. The average molecular weight is 206 g/mol. The summed E-state index contributed by atoms with van der Waals surface area (Å²) < 4.78 is 2.06. The first-order valence-electron chi connectivity index (χ1n) is 5.73. The lowest BCUT2D eigenvalue weighted by molar-refractivity contribution is 0.327. The number of nitrogens with two attached hydrogens (primary N) is 1. The molecule has 4 nitrogen and oxygen atoms in total. The normalized spacial score (nSPS) is 35.2. The van der Waals surface area contributed by atoms with Crippen molar-refractivity contribution in [1.82, 2.24) is 15.0 Å². The van der Waals surface area contributed by atoms with E-state index in [1.54, 1.807) is 0 Å². The van der Waals surface area contributed by atoms with Crippen molar-refractivity contribution in [2.24, 2.45) is 30.6 Å². The Hall–Kier alpha value is -0.870. The van der Waals surface area contributed by atoms with Crippen LogP contribution in [0.15, 0.2) is 12.4 Å². The van der Waals surface area contributed by atoms with E-state index in [9.17, 15) is 0 Å². The summed E-state index contributed by atoms with van der Waals surface area (Å²) in [5, 5.41) is 0. The number of imidazole rings is 1. The maximum atomic E-state index is 5.67. The zero-order chi connectivity index (χ0) is 10.4. The van der Waals surface area contributed by atoms with Crippen LogP contribution in [0, 0.1) is 17.8 Å². The molecule has 3 unspecified atom stereocenters. The van der Waals surface area contributed by atoms with E-state index in [1.807, 2.05) is 19.4 Å². The van der Waals surface area contributed by atoms with Gasteiger partial charge in [-0.05, 0) is 37.0 Å². The van der Waals surface area contributed by atoms with E-state index in [0.717, 1.165) is 17.7 Å². The highest BCUT2D eigenvalue weighted by molar-refractivity contribution is 5.06. The molecule has 2 aliphatic rings. The maximum Gasteiger partial charge on any atom is 0.127 e. The molecule has 2 aliphatic carbocycles. The summed E-state index contributed by atoms with van der Waals surface area (Å²) in [4.78, 5) is 4.39. The van der Waals surface area contributed by atoms with Crippen molar-refractivity contribution in [2.45, 2.75) is 25.3 Å².